The first-order valence-electron chi connectivity index (χ1n) is 8.41. The average Bonchev–Trinajstić information content (AvgIpc) is 3.23. The highest BCUT2D eigenvalue weighted by molar-refractivity contribution is 7.80. The summed E-state index contributed by atoms with van der Waals surface area (Å²) in [6, 6.07) is 9.79. The summed E-state index contributed by atoms with van der Waals surface area (Å²) in [5.41, 5.74) is 3.02. The lowest BCUT2D eigenvalue weighted by Crippen LogP contribution is -2.32. The van der Waals surface area contributed by atoms with Crippen LogP contribution in [-0.2, 0) is 13.1 Å². The predicted octanol–water partition coefficient (Wildman–Crippen LogP) is 3.85. The molecule has 0 fully saturated rings. The van der Waals surface area contributed by atoms with Gasteiger partial charge in [0.05, 0.1) is 30.2 Å². The summed E-state index contributed by atoms with van der Waals surface area (Å²) < 4.78 is 3.79. The Balaban J connectivity index is 1.57. The van der Waals surface area contributed by atoms with Crippen molar-refractivity contribution < 1.29 is 0 Å². The van der Waals surface area contributed by atoms with E-state index in [4.69, 9.17) is 23.8 Å². The topological polar surface area (TPSA) is 59.7 Å². The number of thiocarbonyl (C=S) groups is 1. The summed E-state index contributed by atoms with van der Waals surface area (Å²) in [6.07, 6.45) is 5.46. The van der Waals surface area contributed by atoms with Crippen LogP contribution in [0.2, 0.25) is 5.02 Å². The van der Waals surface area contributed by atoms with E-state index in [-0.39, 0.29) is 6.04 Å². The minimum atomic E-state index is 0.0546. The molecule has 1 atom stereocenters. The van der Waals surface area contributed by atoms with Gasteiger partial charge in [0, 0.05) is 24.0 Å². The number of anilines is 1. The van der Waals surface area contributed by atoms with Crippen LogP contribution in [-0.4, -0.2) is 24.7 Å². The van der Waals surface area contributed by atoms with Crippen molar-refractivity contribution in [1.29, 1.82) is 0 Å². The van der Waals surface area contributed by atoms with Crippen LogP contribution < -0.4 is 10.6 Å². The van der Waals surface area contributed by atoms with Crippen LogP contribution in [0.25, 0.3) is 0 Å². The van der Waals surface area contributed by atoms with E-state index in [9.17, 15) is 0 Å². The molecule has 0 amide bonds. The van der Waals surface area contributed by atoms with Gasteiger partial charge in [-0.05, 0) is 49.8 Å². The summed E-state index contributed by atoms with van der Waals surface area (Å²) in [5.74, 6) is 0. The lowest BCUT2D eigenvalue weighted by atomic mass is 10.2. The molecule has 2 N–H and O–H groups in total. The van der Waals surface area contributed by atoms with Gasteiger partial charge in [0.15, 0.2) is 5.11 Å². The molecule has 0 bridgehead atoms. The number of rotatable bonds is 6. The molecule has 0 aliphatic heterocycles. The number of nitrogens with one attached hydrogen (secondary N) is 2. The number of nitrogens with zero attached hydrogens (tertiary/aromatic N) is 4. The van der Waals surface area contributed by atoms with Crippen molar-refractivity contribution in [1.82, 2.24) is 24.9 Å². The summed E-state index contributed by atoms with van der Waals surface area (Å²) in [5, 5.41) is 16.4. The number of aryl methyl sites for hydroxylation is 1. The standard InChI is InChI=1S/C18H21ClN6S/c1-3-25-17(7-8-20-25)13(2)22-18(26)23-16-10-21-24(12-16)11-14-5-4-6-15(19)9-14/h4-10,12-13H,3,11H2,1-2H3,(H2,22,23,26). The van der Waals surface area contributed by atoms with E-state index < -0.39 is 0 Å². The monoisotopic (exact) mass is 388 g/mol. The highest BCUT2D eigenvalue weighted by atomic mass is 35.5. The molecule has 26 heavy (non-hydrogen) atoms. The normalized spacial score (nSPS) is 12.0. The Morgan fingerprint density at radius 2 is 2.15 bits per heavy atom. The molecule has 0 saturated heterocycles. The molecular formula is C18H21ClN6S. The van der Waals surface area contributed by atoms with Crippen molar-refractivity contribution in [2.24, 2.45) is 0 Å². The van der Waals surface area contributed by atoms with Crippen LogP contribution in [0.15, 0.2) is 48.9 Å². The molecule has 3 rings (SSSR count). The highest BCUT2D eigenvalue weighted by Crippen LogP contribution is 2.14. The van der Waals surface area contributed by atoms with Crippen LogP contribution in [0.4, 0.5) is 5.69 Å². The largest absolute Gasteiger partial charge is 0.354 e. The number of hydrogen-bond acceptors (Lipinski definition) is 3. The van der Waals surface area contributed by atoms with Crippen LogP contribution in [0.3, 0.4) is 0 Å². The Bertz CT molecular complexity index is 887. The van der Waals surface area contributed by atoms with Crippen molar-refractivity contribution in [2.75, 3.05) is 5.32 Å². The van der Waals surface area contributed by atoms with E-state index >= 15 is 0 Å². The van der Waals surface area contributed by atoms with Gasteiger partial charge in [0.2, 0.25) is 0 Å². The van der Waals surface area contributed by atoms with Crippen LogP contribution in [0.1, 0.15) is 31.1 Å². The third-order valence-corrected chi connectivity index (χ3v) is 4.42. The van der Waals surface area contributed by atoms with Gasteiger partial charge in [0.1, 0.15) is 0 Å². The number of aromatic nitrogens is 4. The van der Waals surface area contributed by atoms with E-state index in [2.05, 4.69) is 34.7 Å². The van der Waals surface area contributed by atoms with E-state index in [1.807, 2.05) is 45.9 Å². The molecule has 0 radical (unpaired) electrons. The van der Waals surface area contributed by atoms with Gasteiger partial charge in [-0.3, -0.25) is 9.36 Å². The maximum Gasteiger partial charge on any atom is 0.171 e. The van der Waals surface area contributed by atoms with Gasteiger partial charge in [0.25, 0.3) is 0 Å². The molecule has 1 aromatic carbocycles. The zero-order valence-corrected chi connectivity index (χ0v) is 16.3. The first kappa shape index (κ1) is 18.4. The average molecular weight is 389 g/mol. The van der Waals surface area contributed by atoms with E-state index in [0.717, 1.165) is 28.5 Å². The SMILES string of the molecule is CCn1nccc1C(C)NC(=S)Nc1cnn(Cc2cccc(Cl)c2)c1. The number of benzene rings is 1. The van der Waals surface area contributed by atoms with Gasteiger partial charge < -0.3 is 10.6 Å². The summed E-state index contributed by atoms with van der Waals surface area (Å²) in [4.78, 5) is 0. The molecule has 1 unspecified atom stereocenters. The smallest absolute Gasteiger partial charge is 0.171 e. The van der Waals surface area contributed by atoms with Gasteiger partial charge in [-0.25, -0.2) is 0 Å². The first-order chi connectivity index (χ1) is 12.5. The molecule has 0 aliphatic rings. The fourth-order valence-corrected chi connectivity index (χ4v) is 3.26. The fraction of sp³-hybridized carbons (Fsp3) is 0.278. The van der Waals surface area contributed by atoms with Gasteiger partial charge in [-0.1, -0.05) is 23.7 Å². The third kappa shape index (κ3) is 4.62. The van der Waals surface area contributed by atoms with E-state index in [1.54, 1.807) is 12.4 Å². The first-order valence-corrected chi connectivity index (χ1v) is 9.20. The maximum absolute atomic E-state index is 6.02. The maximum atomic E-state index is 6.02. The summed E-state index contributed by atoms with van der Waals surface area (Å²) in [7, 11) is 0. The van der Waals surface area contributed by atoms with Crippen molar-refractivity contribution in [3.63, 3.8) is 0 Å². The van der Waals surface area contributed by atoms with E-state index in [1.165, 1.54) is 0 Å². The van der Waals surface area contributed by atoms with Crippen molar-refractivity contribution in [3.8, 4) is 0 Å². The van der Waals surface area contributed by atoms with Crippen molar-refractivity contribution in [2.45, 2.75) is 33.0 Å². The molecule has 0 aliphatic carbocycles. The lowest BCUT2D eigenvalue weighted by molar-refractivity contribution is 0.568. The third-order valence-electron chi connectivity index (χ3n) is 3.96. The van der Waals surface area contributed by atoms with Crippen LogP contribution in [0, 0.1) is 0 Å². The summed E-state index contributed by atoms with van der Waals surface area (Å²) >= 11 is 11.4. The molecule has 6 nitrogen and oxygen atoms in total. The molecule has 2 aromatic heterocycles. The molecular weight excluding hydrogens is 368 g/mol. The van der Waals surface area contributed by atoms with Crippen LogP contribution in [0.5, 0.6) is 0 Å². The zero-order valence-electron chi connectivity index (χ0n) is 14.7. The molecule has 2 heterocycles. The molecule has 8 heteroatoms. The Morgan fingerprint density at radius 3 is 2.92 bits per heavy atom. The summed E-state index contributed by atoms with van der Waals surface area (Å²) in [6.45, 7) is 5.59. The Hall–Kier alpha value is -2.38. The minimum Gasteiger partial charge on any atom is -0.354 e. The lowest BCUT2D eigenvalue weighted by Gasteiger charge is -2.17. The zero-order chi connectivity index (χ0) is 18.5. The van der Waals surface area contributed by atoms with Gasteiger partial charge in [-0.2, -0.15) is 10.2 Å². The number of hydrogen-bond donors (Lipinski definition) is 2. The Kier molecular flexibility index (Phi) is 5.90. The molecule has 136 valence electrons. The molecule has 0 saturated carbocycles. The molecule has 0 spiro atoms. The second-order valence-electron chi connectivity index (χ2n) is 5.95. The second-order valence-corrected chi connectivity index (χ2v) is 6.79. The fourth-order valence-electron chi connectivity index (χ4n) is 2.75. The van der Waals surface area contributed by atoms with Crippen LogP contribution >= 0.6 is 23.8 Å². The highest BCUT2D eigenvalue weighted by Gasteiger charge is 2.12. The second kappa shape index (κ2) is 8.33. The Labute approximate surface area is 163 Å². The van der Waals surface area contributed by atoms with Crippen molar-refractivity contribution in [3.05, 3.63) is 65.2 Å². The van der Waals surface area contributed by atoms with Gasteiger partial charge >= 0.3 is 0 Å². The molecule has 3 aromatic rings. The van der Waals surface area contributed by atoms with Crippen molar-refractivity contribution >= 4 is 34.6 Å². The predicted molar refractivity (Wildman–Crippen MR) is 108 cm³/mol. The quantitative estimate of drug-likeness (QED) is 0.628. The Morgan fingerprint density at radius 1 is 1.31 bits per heavy atom. The van der Waals surface area contributed by atoms with E-state index in [0.29, 0.717) is 11.7 Å². The van der Waals surface area contributed by atoms with Gasteiger partial charge in [-0.15, -0.1) is 0 Å². The number of halogens is 1. The minimum absolute atomic E-state index is 0.0546.